The maximum Gasteiger partial charge on any atom is 0.243 e. The molecule has 1 aromatic heterocycles. The lowest BCUT2D eigenvalue weighted by atomic mass is 10.1. The summed E-state index contributed by atoms with van der Waals surface area (Å²) in [5, 5.41) is 16.3. The first kappa shape index (κ1) is 17.4. The maximum absolute atomic E-state index is 8.19. The second-order valence-electron chi connectivity index (χ2n) is 7.08. The number of hydrogen-bond acceptors (Lipinski definition) is 8. The predicted octanol–water partition coefficient (Wildman–Crippen LogP) is 1.38. The van der Waals surface area contributed by atoms with Gasteiger partial charge in [-0.2, -0.15) is 0 Å². The number of nitrogen functional groups attached to an aromatic ring is 1. The summed E-state index contributed by atoms with van der Waals surface area (Å²) in [4.78, 5) is 10.7. The van der Waals surface area contributed by atoms with Crippen LogP contribution in [0.3, 0.4) is 0 Å². The molecule has 8 heteroatoms. The summed E-state index contributed by atoms with van der Waals surface area (Å²) in [6.07, 6.45) is 2.53. The van der Waals surface area contributed by atoms with Gasteiger partial charge >= 0.3 is 0 Å². The first-order chi connectivity index (χ1) is 13.0. The van der Waals surface area contributed by atoms with Gasteiger partial charge in [0.25, 0.3) is 0 Å². The van der Waals surface area contributed by atoms with Crippen molar-refractivity contribution in [1.82, 2.24) is 9.97 Å². The first-order valence-electron chi connectivity index (χ1n) is 9.05. The van der Waals surface area contributed by atoms with E-state index in [1.54, 1.807) is 18.3 Å². The van der Waals surface area contributed by atoms with Gasteiger partial charge in [-0.05, 0) is 36.0 Å². The van der Waals surface area contributed by atoms with Crippen LogP contribution >= 0.6 is 0 Å². The van der Waals surface area contributed by atoms with Crippen molar-refractivity contribution in [3.63, 3.8) is 0 Å². The van der Waals surface area contributed by atoms with E-state index in [1.807, 2.05) is 12.1 Å². The minimum atomic E-state index is -0.285. The van der Waals surface area contributed by atoms with Gasteiger partial charge in [-0.1, -0.05) is 19.1 Å². The molecule has 0 spiro atoms. The van der Waals surface area contributed by atoms with E-state index in [2.05, 4.69) is 21.8 Å². The molecule has 2 fully saturated rings. The molecular weight excluding hydrogens is 342 g/mol. The van der Waals surface area contributed by atoms with Gasteiger partial charge in [-0.15, -0.1) is 0 Å². The van der Waals surface area contributed by atoms with Gasteiger partial charge in [0.2, 0.25) is 11.8 Å². The van der Waals surface area contributed by atoms with Crippen LogP contribution in [-0.4, -0.2) is 40.9 Å². The highest BCUT2D eigenvalue weighted by Crippen LogP contribution is 2.44. The Hall–Kier alpha value is -3.00. The highest BCUT2D eigenvalue weighted by atomic mass is 16.5. The molecule has 1 aliphatic heterocycles. The molecule has 2 aromatic rings. The number of anilines is 2. The summed E-state index contributed by atoms with van der Waals surface area (Å²) in [6, 6.07) is 7.78. The summed E-state index contributed by atoms with van der Waals surface area (Å²) in [6.45, 7) is 3.76. The molecule has 3 atom stereocenters. The molecule has 1 aromatic carbocycles. The molecule has 2 unspecified atom stereocenters. The van der Waals surface area contributed by atoms with Crippen LogP contribution in [0.25, 0.3) is 0 Å². The summed E-state index contributed by atoms with van der Waals surface area (Å²) < 4.78 is 5.39. The highest BCUT2D eigenvalue weighted by molar-refractivity contribution is 6.05. The molecule has 2 heterocycles. The molecular formula is C19H23N7O. The second-order valence-corrected chi connectivity index (χ2v) is 7.08. The summed E-state index contributed by atoms with van der Waals surface area (Å²) >= 11 is 0. The van der Waals surface area contributed by atoms with E-state index >= 15 is 0 Å². The van der Waals surface area contributed by atoms with Gasteiger partial charge in [0.1, 0.15) is 5.82 Å². The van der Waals surface area contributed by atoms with Crippen LogP contribution in [0.1, 0.15) is 23.7 Å². The largest absolute Gasteiger partial charge is 0.419 e. The molecule has 8 nitrogen and oxygen atoms in total. The lowest BCUT2D eigenvalue weighted by molar-refractivity contribution is 0.535. The molecule has 1 saturated carbocycles. The minimum absolute atomic E-state index is 0.110. The smallest absolute Gasteiger partial charge is 0.243 e. The Morgan fingerprint density at radius 3 is 2.48 bits per heavy atom. The number of rotatable bonds is 4. The zero-order valence-electron chi connectivity index (χ0n) is 15.1. The lowest BCUT2D eigenvalue weighted by Gasteiger charge is -2.20. The summed E-state index contributed by atoms with van der Waals surface area (Å²) in [7, 11) is 0. The first-order valence-corrected chi connectivity index (χ1v) is 9.05. The Morgan fingerprint density at radius 1 is 1.19 bits per heavy atom. The molecule has 1 aliphatic carbocycles. The Bertz CT molecular complexity index is 883. The fraction of sp³-hybridized carbons (Fsp3) is 0.368. The van der Waals surface area contributed by atoms with Gasteiger partial charge < -0.3 is 21.1 Å². The molecule has 4 rings (SSSR count). The van der Waals surface area contributed by atoms with E-state index < -0.39 is 0 Å². The Balaban J connectivity index is 1.47. The van der Waals surface area contributed by atoms with Crippen LogP contribution < -0.4 is 16.4 Å². The molecule has 1 saturated heterocycles. The van der Waals surface area contributed by atoms with Gasteiger partial charge in [0.15, 0.2) is 11.5 Å². The topological polar surface area (TPSA) is 138 Å². The van der Waals surface area contributed by atoms with Gasteiger partial charge in [-0.25, -0.2) is 9.97 Å². The number of aryl methyl sites for hydroxylation is 1. The monoisotopic (exact) mass is 365 g/mol. The van der Waals surface area contributed by atoms with E-state index in [0.29, 0.717) is 29.3 Å². The number of piperidine rings is 1. The Labute approximate surface area is 157 Å². The average molecular weight is 365 g/mol. The standard InChI is InChI=1S/C19H23N7O/c1-2-10-3-5-11(6-4-10)18(22)27-19(23)16-17(21)24-7-14(25-16)26-8-12-13(9-26)15(12)20/h3-7,12-13,15,22-23H,2,8-9,20H2,1H3,(H2,21,24)/t12-,13?,15?/m0/s1. The normalized spacial score (nSPS) is 23.0. The highest BCUT2D eigenvalue weighted by Gasteiger charge is 2.53. The SMILES string of the molecule is CCc1ccc(C(=N)OC(=N)c2nc(N3CC4C(N)[C@H]4C3)cnc2N)cc1. The maximum atomic E-state index is 8.19. The number of hydrogen-bond donors (Lipinski definition) is 4. The number of ether oxygens (including phenoxy) is 1. The number of aromatic nitrogens is 2. The zero-order chi connectivity index (χ0) is 19.1. The summed E-state index contributed by atoms with van der Waals surface area (Å²) in [5.74, 6) is 1.39. The summed E-state index contributed by atoms with van der Waals surface area (Å²) in [5.41, 5.74) is 13.8. The van der Waals surface area contributed by atoms with Crippen LogP contribution in [0, 0.1) is 22.7 Å². The number of nitrogens with two attached hydrogens (primary N) is 2. The van der Waals surface area contributed by atoms with E-state index in [0.717, 1.165) is 19.5 Å². The van der Waals surface area contributed by atoms with Crippen molar-refractivity contribution in [2.45, 2.75) is 19.4 Å². The van der Waals surface area contributed by atoms with Crippen LogP contribution in [0.2, 0.25) is 0 Å². The number of nitrogens with one attached hydrogen (secondary N) is 2. The molecule has 0 bridgehead atoms. The van der Waals surface area contributed by atoms with E-state index in [4.69, 9.17) is 27.0 Å². The Morgan fingerprint density at radius 2 is 1.85 bits per heavy atom. The Kier molecular flexibility index (Phi) is 4.27. The van der Waals surface area contributed by atoms with E-state index in [1.165, 1.54) is 5.56 Å². The quantitative estimate of drug-likeness (QED) is 0.477. The van der Waals surface area contributed by atoms with Crippen LogP contribution in [0.5, 0.6) is 0 Å². The third-order valence-electron chi connectivity index (χ3n) is 5.42. The van der Waals surface area contributed by atoms with Gasteiger partial charge in [-0.3, -0.25) is 10.8 Å². The van der Waals surface area contributed by atoms with Crippen molar-refractivity contribution in [2.24, 2.45) is 17.6 Å². The van der Waals surface area contributed by atoms with Crippen LogP contribution in [0.4, 0.5) is 11.6 Å². The fourth-order valence-corrected chi connectivity index (χ4v) is 3.57. The molecule has 140 valence electrons. The third kappa shape index (κ3) is 3.23. The predicted molar refractivity (Wildman–Crippen MR) is 104 cm³/mol. The van der Waals surface area contributed by atoms with Crippen molar-refractivity contribution in [1.29, 1.82) is 10.8 Å². The minimum Gasteiger partial charge on any atom is -0.419 e. The molecule has 27 heavy (non-hydrogen) atoms. The van der Waals surface area contributed by atoms with Gasteiger partial charge in [0, 0.05) is 24.7 Å². The number of nitrogens with zero attached hydrogens (tertiary/aromatic N) is 3. The van der Waals surface area contributed by atoms with Crippen LogP contribution in [0.15, 0.2) is 30.5 Å². The number of benzene rings is 1. The van der Waals surface area contributed by atoms with Crippen LogP contribution in [-0.2, 0) is 11.2 Å². The third-order valence-corrected chi connectivity index (χ3v) is 5.42. The van der Waals surface area contributed by atoms with Crippen molar-refractivity contribution >= 4 is 23.4 Å². The van der Waals surface area contributed by atoms with Crippen molar-refractivity contribution in [3.8, 4) is 0 Å². The van der Waals surface area contributed by atoms with Gasteiger partial charge in [0.05, 0.1) is 6.20 Å². The molecule has 0 amide bonds. The molecule has 0 radical (unpaired) electrons. The van der Waals surface area contributed by atoms with E-state index in [-0.39, 0.29) is 23.3 Å². The zero-order valence-corrected chi connectivity index (χ0v) is 15.1. The average Bonchev–Trinajstić information content (AvgIpc) is 3.07. The lowest BCUT2D eigenvalue weighted by Crippen LogP contribution is -2.29. The second kappa shape index (κ2) is 6.62. The fourth-order valence-electron chi connectivity index (χ4n) is 3.57. The molecule has 2 aliphatic rings. The van der Waals surface area contributed by atoms with Crippen molar-refractivity contribution in [3.05, 3.63) is 47.3 Å². The van der Waals surface area contributed by atoms with E-state index in [9.17, 15) is 0 Å². The number of fused-ring (bicyclic) bond motifs is 1. The van der Waals surface area contributed by atoms with Crippen molar-refractivity contribution in [2.75, 3.05) is 23.7 Å². The molecule has 6 N–H and O–H groups in total. The van der Waals surface area contributed by atoms with Crippen molar-refractivity contribution < 1.29 is 4.74 Å².